The predicted molar refractivity (Wildman–Crippen MR) is 96.1 cm³/mol. The third kappa shape index (κ3) is 7.34. The van der Waals surface area contributed by atoms with E-state index in [-0.39, 0.29) is 19.1 Å². The highest BCUT2D eigenvalue weighted by atomic mass is 79.9. The monoisotopic (exact) mass is 406 g/mol. The average Bonchev–Trinajstić information content (AvgIpc) is 2.59. The molecule has 0 aliphatic heterocycles. The lowest BCUT2D eigenvalue weighted by atomic mass is 10.0. The first kappa shape index (κ1) is 18.9. The molecule has 0 saturated carbocycles. The summed E-state index contributed by atoms with van der Waals surface area (Å²) in [6.07, 6.45) is 3.53. The van der Waals surface area contributed by atoms with E-state index in [0.717, 1.165) is 15.6 Å². The van der Waals surface area contributed by atoms with Crippen LogP contribution in [0, 0.1) is 0 Å². The van der Waals surface area contributed by atoms with E-state index in [0.29, 0.717) is 12.8 Å². The van der Waals surface area contributed by atoms with Crippen molar-refractivity contribution in [3.05, 3.63) is 64.4 Å². The number of nitrogens with zero attached hydrogens (tertiary/aromatic N) is 1. The molecule has 1 aromatic heterocycles. The number of carbonyl (C=O) groups is 2. The number of carboxylic acids is 1. The molecule has 0 saturated heterocycles. The topological polar surface area (TPSA) is 88.5 Å². The maximum absolute atomic E-state index is 12.0. The highest BCUT2D eigenvalue weighted by Crippen LogP contribution is 2.13. The van der Waals surface area contributed by atoms with E-state index < -0.39 is 12.1 Å². The smallest absolute Gasteiger partial charge is 0.407 e. The SMILES string of the molecule is O=C(O)CCC(Cc1cncc(Br)c1)NC(=O)OCc1ccccc1. The Kier molecular flexibility index (Phi) is 7.40. The Morgan fingerprint density at radius 2 is 1.96 bits per heavy atom. The van der Waals surface area contributed by atoms with Crippen molar-refractivity contribution in [1.82, 2.24) is 10.3 Å². The molecular formula is C18H19BrN2O4. The quantitative estimate of drug-likeness (QED) is 0.699. The summed E-state index contributed by atoms with van der Waals surface area (Å²) in [6.45, 7) is 0.163. The second-order valence-corrected chi connectivity index (χ2v) is 6.47. The highest BCUT2D eigenvalue weighted by molar-refractivity contribution is 9.10. The van der Waals surface area contributed by atoms with Gasteiger partial charge in [0.2, 0.25) is 0 Å². The molecule has 25 heavy (non-hydrogen) atoms. The van der Waals surface area contributed by atoms with Crippen LogP contribution >= 0.6 is 15.9 Å². The first-order valence-corrected chi connectivity index (χ1v) is 8.60. The van der Waals surface area contributed by atoms with Gasteiger partial charge in [-0.15, -0.1) is 0 Å². The zero-order valence-corrected chi connectivity index (χ0v) is 15.1. The number of benzene rings is 1. The van der Waals surface area contributed by atoms with Crippen molar-refractivity contribution in [3.8, 4) is 0 Å². The Labute approximate surface area is 154 Å². The normalized spacial score (nSPS) is 11.6. The van der Waals surface area contributed by atoms with E-state index in [1.807, 2.05) is 36.4 Å². The Bertz CT molecular complexity index is 709. The summed E-state index contributed by atoms with van der Waals surface area (Å²) < 4.78 is 6.03. The lowest BCUT2D eigenvalue weighted by Crippen LogP contribution is -2.37. The van der Waals surface area contributed by atoms with Gasteiger partial charge in [-0.1, -0.05) is 30.3 Å². The summed E-state index contributed by atoms with van der Waals surface area (Å²) in [6, 6.07) is 10.9. The molecule has 0 spiro atoms. The minimum Gasteiger partial charge on any atom is -0.481 e. The first-order chi connectivity index (χ1) is 12.0. The van der Waals surface area contributed by atoms with Crippen LogP contribution in [0.4, 0.5) is 4.79 Å². The van der Waals surface area contributed by atoms with Crippen molar-refractivity contribution in [2.24, 2.45) is 0 Å². The number of hydrogen-bond donors (Lipinski definition) is 2. The lowest BCUT2D eigenvalue weighted by Gasteiger charge is -2.18. The van der Waals surface area contributed by atoms with Crippen molar-refractivity contribution in [1.29, 1.82) is 0 Å². The molecule has 6 nitrogen and oxygen atoms in total. The fourth-order valence-electron chi connectivity index (χ4n) is 2.31. The largest absolute Gasteiger partial charge is 0.481 e. The second-order valence-electron chi connectivity index (χ2n) is 5.55. The van der Waals surface area contributed by atoms with Gasteiger partial charge in [0.25, 0.3) is 0 Å². The molecule has 2 rings (SSSR count). The fraction of sp³-hybridized carbons (Fsp3) is 0.278. The molecule has 0 bridgehead atoms. The van der Waals surface area contributed by atoms with Crippen LogP contribution in [-0.2, 0) is 22.6 Å². The third-order valence-corrected chi connectivity index (χ3v) is 3.92. The van der Waals surface area contributed by atoms with E-state index in [4.69, 9.17) is 9.84 Å². The Hall–Kier alpha value is -2.41. The molecule has 1 unspecified atom stereocenters. The van der Waals surface area contributed by atoms with Gasteiger partial charge in [0.1, 0.15) is 6.61 Å². The molecule has 2 aromatic rings. The van der Waals surface area contributed by atoms with Crippen molar-refractivity contribution < 1.29 is 19.4 Å². The van der Waals surface area contributed by atoms with E-state index in [9.17, 15) is 9.59 Å². The van der Waals surface area contributed by atoms with Gasteiger partial charge in [-0.3, -0.25) is 9.78 Å². The molecule has 0 fully saturated rings. The molecule has 2 N–H and O–H groups in total. The van der Waals surface area contributed by atoms with Crippen molar-refractivity contribution in [2.45, 2.75) is 31.9 Å². The second kappa shape index (κ2) is 9.78. The number of rotatable bonds is 8. The zero-order valence-electron chi connectivity index (χ0n) is 13.5. The molecule has 0 aliphatic carbocycles. The van der Waals surface area contributed by atoms with Crippen LogP contribution < -0.4 is 5.32 Å². The molecule has 1 atom stereocenters. The number of amides is 1. The van der Waals surface area contributed by atoms with E-state index >= 15 is 0 Å². The molecule has 1 amide bonds. The van der Waals surface area contributed by atoms with Gasteiger partial charge in [-0.05, 0) is 46.0 Å². The Morgan fingerprint density at radius 1 is 1.20 bits per heavy atom. The fourth-order valence-corrected chi connectivity index (χ4v) is 2.72. The number of aliphatic carboxylic acids is 1. The molecule has 132 valence electrons. The van der Waals surface area contributed by atoms with Crippen LogP contribution in [0.5, 0.6) is 0 Å². The van der Waals surface area contributed by atoms with E-state index in [1.54, 1.807) is 12.4 Å². The lowest BCUT2D eigenvalue weighted by molar-refractivity contribution is -0.137. The van der Waals surface area contributed by atoms with Crippen LogP contribution in [0.15, 0.2) is 53.3 Å². The maximum atomic E-state index is 12.0. The molecule has 7 heteroatoms. The van der Waals surface area contributed by atoms with Crippen molar-refractivity contribution in [2.75, 3.05) is 0 Å². The van der Waals surface area contributed by atoms with Gasteiger partial charge in [-0.2, -0.15) is 0 Å². The standard InChI is InChI=1S/C18H19BrN2O4/c19-15-8-14(10-20-11-15)9-16(6-7-17(22)23)21-18(24)25-12-13-4-2-1-3-5-13/h1-5,8,10-11,16H,6-7,9,12H2,(H,21,24)(H,22,23). The van der Waals surface area contributed by atoms with Crippen LogP contribution in [0.2, 0.25) is 0 Å². The highest BCUT2D eigenvalue weighted by Gasteiger charge is 2.16. The van der Waals surface area contributed by atoms with E-state index in [2.05, 4.69) is 26.2 Å². The van der Waals surface area contributed by atoms with Gasteiger partial charge in [0, 0.05) is 29.3 Å². The molecular weight excluding hydrogens is 388 g/mol. The van der Waals surface area contributed by atoms with Gasteiger partial charge < -0.3 is 15.2 Å². The molecule has 1 heterocycles. The number of carbonyl (C=O) groups excluding carboxylic acids is 1. The minimum absolute atomic E-state index is 0.0366. The zero-order chi connectivity index (χ0) is 18.1. The number of hydrogen-bond acceptors (Lipinski definition) is 4. The third-order valence-electron chi connectivity index (χ3n) is 3.49. The van der Waals surface area contributed by atoms with Crippen molar-refractivity contribution in [3.63, 3.8) is 0 Å². The van der Waals surface area contributed by atoms with Crippen molar-refractivity contribution >= 4 is 28.0 Å². The van der Waals surface area contributed by atoms with Crippen LogP contribution in [0.1, 0.15) is 24.0 Å². The van der Waals surface area contributed by atoms with Gasteiger partial charge >= 0.3 is 12.1 Å². The summed E-state index contributed by atoms with van der Waals surface area (Å²) in [5.41, 5.74) is 1.78. The van der Waals surface area contributed by atoms with Gasteiger partial charge in [0.05, 0.1) is 0 Å². The first-order valence-electron chi connectivity index (χ1n) is 7.81. The number of ether oxygens (including phenoxy) is 1. The Balaban J connectivity index is 1.92. The number of carboxylic acid groups (broad SMARTS) is 1. The summed E-state index contributed by atoms with van der Waals surface area (Å²) in [4.78, 5) is 26.9. The summed E-state index contributed by atoms with van der Waals surface area (Å²) in [5, 5.41) is 11.6. The number of halogens is 1. The molecule has 0 aliphatic rings. The van der Waals surface area contributed by atoms with Gasteiger partial charge in [0.15, 0.2) is 0 Å². The summed E-state index contributed by atoms with van der Waals surface area (Å²) in [5.74, 6) is -0.906. The predicted octanol–water partition coefficient (Wildman–Crippen LogP) is 3.55. The molecule has 1 aromatic carbocycles. The van der Waals surface area contributed by atoms with Gasteiger partial charge in [-0.25, -0.2) is 4.79 Å². The number of pyridine rings is 1. The van der Waals surface area contributed by atoms with Crippen LogP contribution in [0.25, 0.3) is 0 Å². The van der Waals surface area contributed by atoms with Crippen LogP contribution in [-0.4, -0.2) is 28.2 Å². The Morgan fingerprint density at radius 3 is 2.64 bits per heavy atom. The van der Waals surface area contributed by atoms with E-state index in [1.165, 1.54) is 0 Å². The summed E-state index contributed by atoms with van der Waals surface area (Å²) in [7, 11) is 0. The molecule has 0 radical (unpaired) electrons. The van der Waals surface area contributed by atoms with Crippen LogP contribution in [0.3, 0.4) is 0 Å². The number of alkyl carbamates (subject to hydrolysis) is 1. The number of aromatic nitrogens is 1. The number of nitrogens with one attached hydrogen (secondary N) is 1. The maximum Gasteiger partial charge on any atom is 0.407 e. The average molecular weight is 407 g/mol. The summed E-state index contributed by atoms with van der Waals surface area (Å²) >= 11 is 3.35. The minimum atomic E-state index is -0.906.